The lowest BCUT2D eigenvalue weighted by Gasteiger charge is -2.06. The zero-order valence-corrected chi connectivity index (χ0v) is 10.5. The molecule has 2 rings (SSSR count). The highest BCUT2D eigenvalue weighted by molar-refractivity contribution is 5.93. The van der Waals surface area contributed by atoms with E-state index in [1.807, 2.05) is 0 Å². The van der Waals surface area contributed by atoms with Gasteiger partial charge < -0.3 is 16.2 Å². The van der Waals surface area contributed by atoms with Gasteiger partial charge in [0.25, 0.3) is 0 Å². The fourth-order valence-corrected chi connectivity index (χ4v) is 1.51. The van der Waals surface area contributed by atoms with E-state index in [1.54, 1.807) is 12.1 Å². The van der Waals surface area contributed by atoms with Crippen LogP contribution in [0.2, 0.25) is 0 Å². The van der Waals surface area contributed by atoms with Crippen molar-refractivity contribution in [3.8, 4) is 0 Å². The molecule has 106 valence electrons. The Morgan fingerprint density at radius 1 is 1.45 bits per heavy atom. The van der Waals surface area contributed by atoms with Crippen LogP contribution in [0, 0.1) is 5.82 Å². The zero-order valence-electron chi connectivity index (χ0n) is 10.5. The average molecular weight is 279 g/mol. The molecule has 4 N–H and O–H groups in total. The smallest absolute Gasteiger partial charge is 0.244 e. The minimum atomic E-state index is -1.00. The number of aromatic nitrogens is 3. The summed E-state index contributed by atoms with van der Waals surface area (Å²) < 4.78 is 14.3. The molecule has 7 nitrogen and oxygen atoms in total. The van der Waals surface area contributed by atoms with Crippen molar-refractivity contribution in [2.75, 3.05) is 11.9 Å². The van der Waals surface area contributed by atoms with Crippen LogP contribution in [0.25, 0.3) is 0 Å². The molecule has 0 aliphatic rings. The Hall–Kier alpha value is -2.32. The number of amides is 1. The zero-order chi connectivity index (χ0) is 14.5. The Bertz CT molecular complexity index is 584. The molecule has 0 saturated carbocycles. The van der Waals surface area contributed by atoms with E-state index >= 15 is 0 Å². The number of carbonyl (C=O) groups is 1. The van der Waals surface area contributed by atoms with Gasteiger partial charge in [-0.15, -0.1) is 5.10 Å². The Morgan fingerprint density at radius 2 is 2.15 bits per heavy atom. The third-order valence-electron chi connectivity index (χ3n) is 2.58. The predicted molar refractivity (Wildman–Crippen MR) is 69.2 cm³/mol. The van der Waals surface area contributed by atoms with Crippen LogP contribution < -0.4 is 11.1 Å². The third kappa shape index (κ3) is 3.59. The van der Waals surface area contributed by atoms with Crippen LogP contribution in [0.5, 0.6) is 0 Å². The first kappa shape index (κ1) is 14.1. The van der Waals surface area contributed by atoms with Crippen molar-refractivity contribution in [1.29, 1.82) is 0 Å². The molecule has 2 aromatic rings. The third-order valence-corrected chi connectivity index (χ3v) is 2.58. The highest BCUT2D eigenvalue weighted by Crippen LogP contribution is 2.07. The molecule has 1 aromatic heterocycles. The number of aliphatic hydroxyl groups is 1. The first-order valence-electron chi connectivity index (χ1n) is 5.90. The monoisotopic (exact) mass is 279 g/mol. The second kappa shape index (κ2) is 6.22. The molecule has 0 aliphatic carbocycles. The van der Waals surface area contributed by atoms with Gasteiger partial charge >= 0.3 is 0 Å². The second-order valence-corrected chi connectivity index (χ2v) is 4.21. The lowest BCUT2D eigenvalue weighted by atomic mass is 10.2. The number of halogens is 1. The SMILES string of the molecule is N[C@H](CO)C(=O)Nc1cn(Cc2ccc(F)cc2)nn1. The van der Waals surface area contributed by atoms with E-state index < -0.39 is 18.6 Å². The van der Waals surface area contributed by atoms with E-state index in [2.05, 4.69) is 15.6 Å². The van der Waals surface area contributed by atoms with Gasteiger partial charge in [0.15, 0.2) is 5.82 Å². The van der Waals surface area contributed by atoms with Gasteiger partial charge in [0.2, 0.25) is 5.91 Å². The molecule has 1 amide bonds. The van der Waals surface area contributed by atoms with Crippen molar-refractivity contribution in [2.24, 2.45) is 5.73 Å². The van der Waals surface area contributed by atoms with E-state index in [4.69, 9.17) is 10.8 Å². The second-order valence-electron chi connectivity index (χ2n) is 4.21. The minimum absolute atomic E-state index is 0.237. The molecule has 20 heavy (non-hydrogen) atoms. The molecule has 0 fully saturated rings. The Morgan fingerprint density at radius 3 is 2.80 bits per heavy atom. The van der Waals surface area contributed by atoms with Crippen molar-refractivity contribution in [3.63, 3.8) is 0 Å². The minimum Gasteiger partial charge on any atom is -0.394 e. The normalized spacial score (nSPS) is 12.2. The number of nitrogens with one attached hydrogen (secondary N) is 1. The predicted octanol–water partition coefficient (Wildman–Crippen LogP) is -0.276. The molecule has 0 spiro atoms. The Balaban J connectivity index is 1.98. The summed E-state index contributed by atoms with van der Waals surface area (Å²) in [6.07, 6.45) is 1.52. The summed E-state index contributed by atoms with van der Waals surface area (Å²) in [5.74, 6) is -0.611. The molecule has 0 saturated heterocycles. The van der Waals surface area contributed by atoms with Crippen molar-refractivity contribution < 1.29 is 14.3 Å². The van der Waals surface area contributed by atoms with Gasteiger partial charge in [0.1, 0.15) is 11.9 Å². The maximum absolute atomic E-state index is 12.8. The fraction of sp³-hybridized carbons (Fsp3) is 0.250. The fourth-order valence-electron chi connectivity index (χ4n) is 1.51. The highest BCUT2D eigenvalue weighted by atomic mass is 19.1. The lowest BCUT2D eigenvalue weighted by Crippen LogP contribution is -2.38. The molecule has 0 unspecified atom stereocenters. The number of nitrogens with zero attached hydrogens (tertiary/aromatic N) is 3. The topological polar surface area (TPSA) is 106 Å². The average Bonchev–Trinajstić information content (AvgIpc) is 2.87. The lowest BCUT2D eigenvalue weighted by molar-refractivity contribution is -0.118. The van der Waals surface area contributed by atoms with Crippen LogP contribution in [0.1, 0.15) is 5.56 Å². The summed E-state index contributed by atoms with van der Waals surface area (Å²) in [5.41, 5.74) is 6.20. The first-order chi connectivity index (χ1) is 9.58. The highest BCUT2D eigenvalue weighted by Gasteiger charge is 2.13. The van der Waals surface area contributed by atoms with Gasteiger partial charge in [-0.2, -0.15) is 0 Å². The number of aliphatic hydroxyl groups excluding tert-OH is 1. The van der Waals surface area contributed by atoms with Gasteiger partial charge in [0.05, 0.1) is 19.3 Å². The molecule has 0 radical (unpaired) electrons. The van der Waals surface area contributed by atoms with E-state index in [1.165, 1.54) is 23.0 Å². The van der Waals surface area contributed by atoms with E-state index in [9.17, 15) is 9.18 Å². The molecule has 0 bridgehead atoms. The van der Waals surface area contributed by atoms with Crippen LogP contribution in [0.4, 0.5) is 10.2 Å². The van der Waals surface area contributed by atoms with Crippen LogP contribution in [0.3, 0.4) is 0 Å². The van der Waals surface area contributed by atoms with Crippen LogP contribution in [0.15, 0.2) is 30.5 Å². The van der Waals surface area contributed by atoms with Crippen molar-refractivity contribution in [2.45, 2.75) is 12.6 Å². The number of anilines is 1. The summed E-state index contributed by atoms with van der Waals surface area (Å²) >= 11 is 0. The van der Waals surface area contributed by atoms with Gasteiger partial charge in [-0.1, -0.05) is 17.3 Å². The standard InChI is InChI=1S/C12H14FN5O2/c13-9-3-1-8(2-4-9)5-18-6-11(16-17-18)15-12(20)10(14)7-19/h1-4,6,10,19H,5,7,14H2,(H,15,20)/t10-/m1/s1. The number of hydrogen-bond donors (Lipinski definition) is 3. The van der Waals surface area contributed by atoms with E-state index in [0.29, 0.717) is 6.54 Å². The molecule has 1 aromatic carbocycles. The molecule has 8 heteroatoms. The molecular formula is C12H14FN5O2. The van der Waals surface area contributed by atoms with Crippen molar-refractivity contribution in [3.05, 3.63) is 41.8 Å². The maximum Gasteiger partial charge on any atom is 0.244 e. The molecule has 0 aliphatic heterocycles. The largest absolute Gasteiger partial charge is 0.394 e. The maximum atomic E-state index is 12.8. The van der Waals surface area contributed by atoms with Crippen molar-refractivity contribution in [1.82, 2.24) is 15.0 Å². The van der Waals surface area contributed by atoms with E-state index in [0.717, 1.165) is 5.56 Å². The van der Waals surface area contributed by atoms with Gasteiger partial charge in [-0.3, -0.25) is 4.79 Å². The summed E-state index contributed by atoms with van der Waals surface area (Å²) in [7, 11) is 0. The van der Waals surface area contributed by atoms with Gasteiger partial charge in [0, 0.05) is 0 Å². The summed E-state index contributed by atoms with van der Waals surface area (Å²) in [4.78, 5) is 11.4. The number of rotatable bonds is 5. The summed E-state index contributed by atoms with van der Waals surface area (Å²) in [6.45, 7) is -0.0508. The molecular weight excluding hydrogens is 265 g/mol. The summed E-state index contributed by atoms with van der Waals surface area (Å²) in [6, 6.07) is 4.98. The number of benzene rings is 1. The Labute approximate surface area is 114 Å². The van der Waals surface area contributed by atoms with E-state index in [-0.39, 0.29) is 11.6 Å². The summed E-state index contributed by atoms with van der Waals surface area (Å²) in [5, 5.41) is 18.8. The van der Waals surface area contributed by atoms with Gasteiger partial charge in [-0.05, 0) is 17.7 Å². The van der Waals surface area contributed by atoms with Crippen molar-refractivity contribution >= 4 is 11.7 Å². The first-order valence-corrected chi connectivity index (χ1v) is 5.90. The van der Waals surface area contributed by atoms with Gasteiger partial charge in [-0.25, -0.2) is 9.07 Å². The molecule has 1 heterocycles. The Kier molecular flexibility index (Phi) is 4.38. The van der Waals surface area contributed by atoms with Crippen LogP contribution >= 0.6 is 0 Å². The van der Waals surface area contributed by atoms with Crippen LogP contribution in [-0.4, -0.2) is 38.7 Å². The molecule has 1 atom stereocenters. The quantitative estimate of drug-likeness (QED) is 0.698. The number of carbonyl (C=O) groups excluding carboxylic acids is 1. The van der Waals surface area contributed by atoms with Crippen LogP contribution in [-0.2, 0) is 11.3 Å². The number of nitrogens with two attached hydrogens (primary N) is 1. The number of hydrogen-bond acceptors (Lipinski definition) is 5.